The number of hydrogen-bond acceptors (Lipinski definition) is 6. The van der Waals surface area contributed by atoms with E-state index in [0.717, 1.165) is 16.7 Å². The fourth-order valence-electron chi connectivity index (χ4n) is 2.96. The molecule has 9 heteroatoms. The number of fused-ring (bicyclic) bond motifs is 1. The molecule has 0 saturated carbocycles. The standard InChI is InChI=1S/C15H22N6O3/c1-8(2)12-13-10(20(3)19-12)6-16-14(18-13)17-9-4-5-21(15(23)24)7-11(9)22/h6,8-9,11,22H,4-5,7H2,1-3H3,(H,23,24)(H,16,17,18)/t9-,11-/m1/s1. The third-order valence-corrected chi connectivity index (χ3v) is 4.33. The Morgan fingerprint density at radius 1 is 1.46 bits per heavy atom. The number of carboxylic acid groups (broad SMARTS) is 1. The monoisotopic (exact) mass is 334 g/mol. The average molecular weight is 334 g/mol. The normalized spacial score (nSPS) is 21.5. The van der Waals surface area contributed by atoms with Crippen LogP contribution in [0.25, 0.3) is 11.0 Å². The number of amides is 1. The number of carbonyl (C=O) groups is 1. The molecule has 1 amide bonds. The van der Waals surface area contributed by atoms with Crippen LogP contribution >= 0.6 is 0 Å². The lowest BCUT2D eigenvalue weighted by molar-refractivity contribution is 0.0573. The fraction of sp³-hybridized carbons (Fsp3) is 0.600. The van der Waals surface area contributed by atoms with Crippen LogP contribution in [0.2, 0.25) is 0 Å². The first kappa shape index (κ1) is 16.4. The number of aliphatic hydroxyl groups excluding tert-OH is 1. The summed E-state index contributed by atoms with van der Waals surface area (Å²) < 4.78 is 1.76. The predicted octanol–water partition coefficient (Wildman–Crippen LogP) is 1.01. The molecular weight excluding hydrogens is 312 g/mol. The molecule has 3 heterocycles. The van der Waals surface area contributed by atoms with E-state index in [4.69, 9.17) is 5.11 Å². The number of anilines is 1. The van der Waals surface area contributed by atoms with Crippen molar-refractivity contribution in [2.45, 2.75) is 38.3 Å². The van der Waals surface area contributed by atoms with Crippen molar-refractivity contribution in [2.75, 3.05) is 18.4 Å². The summed E-state index contributed by atoms with van der Waals surface area (Å²) in [7, 11) is 1.86. The molecule has 0 radical (unpaired) electrons. The number of likely N-dealkylation sites (tertiary alicyclic amines) is 1. The molecule has 9 nitrogen and oxygen atoms in total. The summed E-state index contributed by atoms with van der Waals surface area (Å²) in [5.41, 5.74) is 2.55. The lowest BCUT2D eigenvalue weighted by Crippen LogP contribution is -2.51. The average Bonchev–Trinajstić information content (AvgIpc) is 2.86. The van der Waals surface area contributed by atoms with Gasteiger partial charge in [0.25, 0.3) is 0 Å². The molecule has 2 aromatic heterocycles. The van der Waals surface area contributed by atoms with Crippen molar-refractivity contribution in [3.8, 4) is 0 Å². The van der Waals surface area contributed by atoms with Crippen molar-refractivity contribution in [2.24, 2.45) is 7.05 Å². The van der Waals surface area contributed by atoms with Crippen molar-refractivity contribution < 1.29 is 15.0 Å². The molecule has 2 aromatic rings. The third-order valence-electron chi connectivity index (χ3n) is 4.33. The Morgan fingerprint density at radius 3 is 2.83 bits per heavy atom. The summed E-state index contributed by atoms with van der Waals surface area (Å²) in [6, 6.07) is -0.280. The van der Waals surface area contributed by atoms with E-state index < -0.39 is 12.2 Å². The van der Waals surface area contributed by atoms with Gasteiger partial charge in [-0.05, 0) is 12.3 Å². The zero-order valence-electron chi connectivity index (χ0n) is 14.0. The minimum absolute atomic E-state index is 0.0827. The van der Waals surface area contributed by atoms with Gasteiger partial charge in [-0.3, -0.25) is 4.68 Å². The molecule has 1 aliphatic rings. The van der Waals surface area contributed by atoms with Crippen molar-refractivity contribution in [1.29, 1.82) is 0 Å². The van der Waals surface area contributed by atoms with E-state index in [9.17, 15) is 9.90 Å². The fourth-order valence-corrected chi connectivity index (χ4v) is 2.96. The van der Waals surface area contributed by atoms with E-state index in [1.165, 1.54) is 4.90 Å². The number of nitrogens with zero attached hydrogens (tertiary/aromatic N) is 5. The maximum atomic E-state index is 11.0. The van der Waals surface area contributed by atoms with E-state index in [1.807, 2.05) is 7.05 Å². The molecule has 1 fully saturated rings. The Bertz CT molecular complexity index is 759. The van der Waals surface area contributed by atoms with E-state index in [2.05, 4.69) is 34.2 Å². The molecule has 0 aliphatic carbocycles. The second kappa shape index (κ2) is 6.23. The van der Waals surface area contributed by atoms with Crippen LogP contribution in [0.1, 0.15) is 31.9 Å². The SMILES string of the molecule is CC(C)c1nn(C)c2cnc(N[C@@H]3CCN(C(=O)O)C[C@H]3O)nc12. The molecule has 0 bridgehead atoms. The molecular formula is C15H22N6O3. The Morgan fingerprint density at radius 2 is 2.21 bits per heavy atom. The largest absolute Gasteiger partial charge is 0.465 e. The molecule has 1 saturated heterocycles. The van der Waals surface area contributed by atoms with E-state index in [-0.39, 0.29) is 18.5 Å². The highest BCUT2D eigenvalue weighted by Gasteiger charge is 2.30. The number of rotatable bonds is 3. The highest BCUT2D eigenvalue weighted by molar-refractivity contribution is 5.78. The van der Waals surface area contributed by atoms with Crippen LogP contribution in [0.4, 0.5) is 10.7 Å². The number of aryl methyl sites for hydroxylation is 1. The quantitative estimate of drug-likeness (QED) is 0.767. The summed E-state index contributed by atoms with van der Waals surface area (Å²) >= 11 is 0. The van der Waals surface area contributed by atoms with Gasteiger partial charge in [0.15, 0.2) is 0 Å². The first-order valence-electron chi connectivity index (χ1n) is 7.99. The van der Waals surface area contributed by atoms with Gasteiger partial charge >= 0.3 is 6.09 Å². The number of aliphatic hydroxyl groups is 1. The minimum atomic E-state index is -1.01. The number of aromatic nitrogens is 4. The van der Waals surface area contributed by atoms with Crippen LogP contribution in [0.5, 0.6) is 0 Å². The smallest absolute Gasteiger partial charge is 0.407 e. The summed E-state index contributed by atoms with van der Waals surface area (Å²) in [6.07, 6.45) is 0.399. The highest BCUT2D eigenvalue weighted by Crippen LogP contribution is 2.23. The Balaban J connectivity index is 1.81. The molecule has 3 rings (SSSR count). The van der Waals surface area contributed by atoms with Crippen LogP contribution in [0.15, 0.2) is 6.20 Å². The molecule has 2 atom stereocenters. The van der Waals surface area contributed by atoms with E-state index in [0.29, 0.717) is 18.9 Å². The third kappa shape index (κ3) is 2.99. The lowest BCUT2D eigenvalue weighted by atomic mass is 10.0. The molecule has 1 aliphatic heterocycles. The van der Waals surface area contributed by atoms with Gasteiger partial charge in [-0.25, -0.2) is 14.8 Å². The minimum Gasteiger partial charge on any atom is -0.465 e. The Hall–Kier alpha value is -2.42. The van der Waals surface area contributed by atoms with Gasteiger partial charge in [0.1, 0.15) is 11.0 Å². The maximum Gasteiger partial charge on any atom is 0.407 e. The molecule has 0 spiro atoms. The van der Waals surface area contributed by atoms with Gasteiger partial charge in [0.05, 0.1) is 30.6 Å². The van der Waals surface area contributed by atoms with Gasteiger partial charge in [-0.1, -0.05) is 13.8 Å². The number of hydrogen-bond donors (Lipinski definition) is 3. The van der Waals surface area contributed by atoms with Crippen molar-refractivity contribution in [3.63, 3.8) is 0 Å². The molecule has 3 N–H and O–H groups in total. The molecule has 24 heavy (non-hydrogen) atoms. The van der Waals surface area contributed by atoms with Gasteiger partial charge in [0.2, 0.25) is 5.95 Å². The second-order valence-electron chi connectivity index (χ2n) is 6.43. The molecule has 130 valence electrons. The van der Waals surface area contributed by atoms with Crippen LogP contribution in [-0.2, 0) is 7.05 Å². The Labute approximate surface area is 139 Å². The van der Waals surface area contributed by atoms with Gasteiger partial charge in [-0.2, -0.15) is 5.10 Å². The topological polar surface area (TPSA) is 116 Å². The van der Waals surface area contributed by atoms with Crippen LogP contribution in [0, 0.1) is 0 Å². The van der Waals surface area contributed by atoms with Crippen LogP contribution < -0.4 is 5.32 Å². The summed E-state index contributed by atoms with van der Waals surface area (Å²) in [4.78, 5) is 21.0. The summed E-state index contributed by atoms with van der Waals surface area (Å²) in [5, 5.41) is 26.8. The zero-order chi connectivity index (χ0) is 17.4. The Kier molecular flexibility index (Phi) is 4.27. The summed E-state index contributed by atoms with van der Waals surface area (Å²) in [5.74, 6) is 0.658. The van der Waals surface area contributed by atoms with Gasteiger partial charge in [0, 0.05) is 13.6 Å². The van der Waals surface area contributed by atoms with Gasteiger partial charge < -0.3 is 20.4 Å². The predicted molar refractivity (Wildman–Crippen MR) is 88.0 cm³/mol. The molecule has 0 aromatic carbocycles. The second-order valence-corrected chi connectivity index (χ2v) is 6.43. The first-order chi connectivity index (χ1) is 11.4. The van der Waals surface area contributed by atoms with Gasteiger partial charge in [-0.15, -0.1) is 0 Å². The number of piperidine rings is 1. The van der Waals surface area contributed by atoms with Crippen molar-refractivity contribution in [3.05, 3.63) is 11.9 Å². The van der Waals surface area contributed by atoms with Crippen LogP contribution in [0.3, 0.4) is 0 Å². The van der Waals surface area contributed by atoms with E-state index >= 15 is 0 Å². The maximum absolute atomic E-state index is 11.0. The highest BCUT2D eigenvalue weighted by atomic mass is 16.4. The summed E-state index contributed by atoms with van der Waals surface area (Å²) in [6.45, 7) is 4.57. The van der Waals surface area contributed by atoms with Crippen LogP contribution in [-0.4, -0.2) is 66.2 Å². The molecule has 0 unspecified atom stereocenters. The van der Waals surface area contributed by atoms with E-state index in [1.54, 1.807) is 10.9 Å². The van der Waals surface area contributed by atoms with Crippen molar-refractivity contribution >= 4 is 23.1 Å². The lowest BCUT2D eigenvalue weighted by Gasteiger charge is -2.34. The number of β-amino-alcohol motifs (C(OH)–C–C–N with tert-alkyl or cyclic N) is 1. The number of nitrogens with one attached hydrogen (secondary N) is 1. The zero-order valence-corrected chi connectivity index (χ0v) is 14.0. The van der Waals surface area contributed by atoms with Crippen molar-refractivity contribution in [1.82, 2.24) is 24.6 Å². The first-order valence-corrected chi connectivity index (χ1v) is 7.99.